The molecule has 6 heteroatoms. The maximum atomic E-state index is 10.3. The maximum Gasteiger partial charge on any atom is 0.310 e. The normalized spacial score (nSPS) is 11.7. The quantitative estimate of drug-likeness (QED) is 0.520. The molecular formula is C6H8O6. The van der Waals surface area contributed by atoms with E-state index in [-0.39, 0.29) is 6.47 Å². The van der Waals surface area contributed by atoms with Crippen LogP contribution in [0, 0.1) is 5.92 Å². The summed E-state index contributed by atoms with van der Waals surface area (Å²) in [7, 11) is 0. The SMILES string of the molecule is O=COCC(CC(=O)O)C(=O)O. The molecule has 0 aliphatic heterocycles. The third kappa shape index (κ3) is 4.26. The van der Waals surface area contributed by atoms with E-state index >= 15 is 0 Å². The van der Waals surface area contributed by atoms with Crippen molar-refractivity contribution in [3.8, 4) is 0 Å². The molecule has 0 aliphatic carbocycles. The zero-order chi connectivity index (χ0) is 9.56. The number of carbonyl (C=O) groups is 3. The Labute approximate surface area is 67.8 Å². The molecule has 0 saturated heterocycles. The summed E-state index contributed by atoms with van der Waals surface area (Å²) in [5.41, 5.74) is 0. The third-order valence-corrected chi connectivity index (χ3v) is 1.14. The second kappa shape index (κ2) is 5.11. The number of hydrogen-bond donors (Lipinski definition) is 2. The molecule has 0 aromatic carbocycles. The van der Waals surface area contributed by atoms with Crippen molar-refractivity contribution in [2.45, 2.75) is 6.42 Å². The predicted molar refractivity (Wildman–Crippen MR) is 35.4 cm³/mol. The standard InChI is InChI=1S/C6H8O6/c7-3-12-2-4(6(10)11)1-5(8)9/h3-4H,1-2H2,(H,8,9)(H,10,11). The summed E-state index contributed by atoms with van der Waals surface area (Å²) in [5.74, 6) is -3.70. The van der Waals surface area contributed by atoms with Gasteiger partial charge in [-0.1, -0.05) is 0 Å². The van der Waals surface area contributed by atoms with Crippen LogP contribution < -0.4 is 0 Å². The number of carbonyl (C=O) groups excluding carboxylic acids is 1. The van der Waals surface area contributed by atoms with Gasteiger partial charge < -0.3 is 14.9 Å². The molecule has 0 aromatic heterocycles. The third-order valence-electron chi connectivity index (χ3n) is 1.14. The topological polar surface area (TPSA) is 101 Å². The molecule has 0 rings (SSSR count). The van der Waals surface area contributed by atoms with E-state index < -0.39 is 30.9 Å². The Kier molecular flexibility index (Phi) is 4.43. The molecule has 1 atom stereocenters. The fourth-order valence-corrected chi connectivity index (χ4v) is 0.584. The number of ether oxygens (including phenoxy) is 1. The van der Waals surface area contributed by atoms with Crippen LogP contribution in [0.2, 0.25) is 0 Å². The van der Waals surface area contributed by atoms with Gasteiger partial charge in [-0.15, -0.1) is 0 Å². The van der Waals surface area contributed by atoms with Gasteiger partial charge in [-0.05, 0) is 0 Å². The summed E-state index contributed by atoms with van der Waals surface area (Å²) < 4.78 is 4.13. The van der Waals surface area contributed by atoms with Gasteiger partial charge in [0.15, 0.2) is 0 Å². The molecule has 6 nitrogen and oxygen atoms in total. The van der Waals surface area contributed by atoms with Crippen LogP contribution in [0.4, 0.5) is 0 Å². The van der Waals surface area contributed by atoms with E-state index in [0.717, 1.165) is 0 Å². The van der Waals surface area contributed by atoms with Crippen LogP contribution in [0.1, 0.15) is 6.42 Å². The average molecular weight is 176 g/mol. The fourth-order valence-electron chi connectivity index (χ4n) is 0.584. The van der Waals surface area contributed by atoms with Crippen molar-refractivity contribution in [3.05, 3.63) is 0 Å². The zero-order valence-corrected chi connectivity index (χ0v) is 6.10. The highest BCUT2D eigenvalue weighted by molar-refractivity contribution is 5.77. The largest absolute Gasteiger partial charge is 0.481 e. The molecular weight excluding hydrogens is 168 g/mol. The van der Waals surface area contributed by atoms with Gasteiger partial charge in [0.05, 0.1) is 6.42 Å². The lowest BCUT2D eigenvalue weighted by atomic mass is 10.1. The van der Waals surface area contributed by atoms with Crippen molar-refractivity contribution in [1.29, 1.82) is 0 Å². The van der Waals surface area contributed by atoms with Crippen LogP contribution >= 0.6 is 0 Å². The molecule has 0 fully saturated rings. The summed E-state index contributed by atoms with van der Waals surface area (Å²) in [6, 6.07) is 0. The van der Waals surface area contributed by atoms with Gasteiger partial charge >= 0.3 is 11.9 Å². The fraction of sp³-hybridized carbons (Fsp3) is 0.500. The monoisotopic (exact) mass is 176 g/mol. The lowest BCUT2D eigenvalue weighted by Crippen LogP contribution is -2.22. The van der Waals surface area contributed by atoms with Crippen molar-refractivity contribution in [3.63, 3.8) is 0 Å². The van der Waals surface area contributed by atoms with Gasteiger partial charge in [-0.25, -0.2) is 0 Å². The molecule has 0 bridgehead atoms. The molecule has 0 radical (unpaired) electrons. The first-order valence-electron chi connectivity index (χ1n) is 3.07. The molecule has 0 heterocycles. The van der Waals surface area contributed by atoms with Crippen molar-refractivity contribution >= 4 is 18.4 Å². The van der Waals surface area contributed by atoms with Crippen molar-refractivity contribution in [2.24, 2.45) is 5.92 Å². The Bertz CT molecular complexity index is 186. The van der Waals surface area contributed by atoms with Crippen molar-refractivity contribution in [1.82, 2.24) is 0 Å². The second-order valence-electron chi connectivity index (χ2n) is 2.06. The van der Waals surface area contributed by atoms with E-state index in [0.29, 0.717) is 0 Å². The predicted octanol–water partition coefficient (Wildman–Crippen LogP) is -0.665. The number of aliphatic carboxylic acids is 2. The number of carboxylic acid groups (broad SMARTS) is 2. The highest BCUT2D eigenvalue weighted by atomic mass is 16.5. The summed E-state index contributed by atoms with van der Waals surface area (Å²) in [5, 5.41) is 16.6. The minimum atomic E-state index is -1.29. The van der Waals surface area contributed by atoms with E-state index in [1.54, 1.807) is 0 Å². The molecule has 0 aliphatic rings. The smallest absolute Gasteiger partial charge is 0.310 e. The molecule has 0 amide bonds. The first-order chi connectivity index (χ1) is 5.57. The van der Waals surface area contributed by atoms with E-state index in [1.807, 2.05) is 0 Å². The van der Waals surface area contributed by atoms with E-state index in [9.17, 15) is 14.4 Å². The summed E-state index contributed by atoms with van der Waals surface area (Å²) in [6.07, 6.45) is -0.552. The molecule has 0 saturated carbocycles. The van der Waals surface area contributed by atoms with Crippen LogP contribution in [0.5, 0.6) is 0 Å². The molecule has 12 heavy (non-hydrogen) atoms. The summed E-state index contributed by atoms with van der Waals surface area (Å²) in [4.78, 5) is 30.0. The van der Waals surface area contributed by atoms with Gasteiger partial charge in [0.25, 0.3) is 6.47 Å². The second-order valence-corrected chi connectivity index (χ2v) is 2.06. The minimum absolute atomic E-state index is 0.0811. The summed E-state index contributed by atoms with van der Waals surface area (Å²) >= 11 is 0. The van der Waals surface area contributed by atoms with Crippen LogP contribution in [0.3, 0.4) is 0 Å². The Balaban J connectivity index is 3.94. The van der Waals surface area contributed by atoms with Crippen LogP contribution in [0.25, 0.3) is 0 Å². The molecule has 0 aromatic rings. The first kappa shape index (κ1) is 10.4. The van der Waals surface area contributed by atoms with Gasteiger partial charge in [-0.2, -0.15) is 0 Å². The minimum Gasteiger partial charge on any atom is -0.481 e. The lowest BCUT2D eigenvalue weighted by molar-refractivity contribution is -0.151. The molecule has 68 valence electrons. The van der Waals surface area contributed by atoms with E-state index in [1.165, 1.54) is 0 Å². The van der Waals surface area contributed by atoms with E-state index in [4.69, 9.17) is 10.2 Å². The number of hydrogen-bond acceptors (Lipinski definition) is 4. The van der Waals surface area contributed by atoms with Crippen LogP contribution in [-0.4, -0.2) is 35.2 Å². The Morgan fingerprint density at radius 3 is 2.33 bits per heavy atom. The Morgan fingerprint density at radius 2 is 2.00 bits per heavy atom. The van der Waals surface area contributed by atoms with Crippen LogP contribution in [-0.2, 0) is 19.1 Å². The maximum absolute atomic E-state index is 10.3. The first-order valence-corrected chi connectivity index (χ1v) is 3.07. The van der Waals surface area contributed by atoms with E-state index in [2.05, 4.69) is 4.74 Å². The number of carboxylic acids is 2. The zero-order valence-electron chi connectivity index (χ0n) is 6.10. The summed E-state index contributed by atoms with van der Waals surface area (Å²) in [6.45, 7) is -0.330. The van der Waals surface area contributed by atoms with Gasteiger partial charge in [0.1, 0.15) is 12.5 Å². The Morgan fingerprint density at radius 1 is 1.42 bits per heavy atom. The van der Waals surface area contributed by atoms with Gasteiger partial charge in [-0.3, -0.25) is 14.4 Å². The van der Waals surface area contributed by atoms with Crippen molar-refractivity contribution < 1.29 is 29.3 Å². The number of rotatable bonds is 6. The molecule has 0 spiro atoms. The van der Waals surface area contributed by atoms with Gasteiger partial charge in [0.2, 0.25) is 0 Å². The highest BCUT2D eigenvalue weighted by Gasteiger charge is 2.21. The lowest BCUT2D eigenvalue weighted by Gasteiger charge is -2.06. The van der Waals surface area contributed by atoms with Gasteiger partial charge in [0, 0.05) is 0 Å². The highest BCUT2D eigenvalue weighted by Crippen LogP contribution is 2.03. The van der Waals surface area contributed by atoms with Crippen LogP contribution in [0.15, 0.2) is 0 Å². The molecule has 2 N–H and O–H groups in total. The average Bonchev–Trinajstić information content (AvgIpc) is 1.96. The molecule has 1 unspecified atom stereocenters. The Hall–Kier alpha value is -1.59. The van der Waals surface area contributed by atoms with Crippen molar-refractivity contribution in [2.75, 3.05) is 6.61 Å².